The van der Waals surface area contributed by atoms with E-state index in [0.717, 1.165) is 36.5 Å². The highest BCUT2D eigenvalue weighted by Gasteiger charge is 2.60. The Morgan fingerprint density at radius 1 is 1.00 bits per heavy atom. The molecule has 0 spiro atoms. The van der Waals surface area contributed by atoms with Gasteiger partial charge in [0.05, 0.1) is 6.10 Å². The second-order valence-electron chi connectivity index (χ2n) is 10.9. The molecule has 0 aromatic carbocycles. The molecule has 0 heterocycles. The summed E-state index contributed by atoms with van der Waals surface area (Å²) in [6.45, 7) is 7.23. The number of aliphatic carboxylic acids is 1. The third kappa shape index (κ3) is 2.75. The van der Waals surface area contributed by atoms with Gasteiger partial charge in [-0.3, -0.25) is 4.79 Å². The number of aliphatic hydroxyl groups excluding tert-OH is 1. The summed E-state index contributed by atoms with van der Waals surface area (Å²) in [7, 11) is 0. The van der Waals surface area contributed by atoms with Crippen LogP contribution < -0.4 is 0 Å². The molecule has 0 saturated heterocycles. The molecule has 4 aliphatic carbocycles. The molecule has 7 unspecified atom stereocenters. The van der Waals surface area contributed by atoms with Gasteiger partial charge in [0.15, 0.2) is 0 Å². The lowest BCUT2D eigenvalue weighted by Crippen LogP contribution is -2.54. The van der Waals surface area contributed by atoms with Gasteiger partial charge in [-0.2, -0.15) is 0 Å². The Morgan fingerprint density at radius 3 is 2.42 bits per heavy atom. The number of hydrogen-bond acceptors (Lipinski definition) is 2. The summed E-state index contributed by atoms with van der Waals surface area (Å²) in [5, 5.41) is 19.4. The quantitative estimate of drug-likeness (QED) is 0.733. The first-order valence-corrected chi connectivity index (χ1v) is 11.2. The van der Waals surface area contributed by atoms with Crippen molar-refractivity contribution in [1.82, 2.24) is 0 Å². The Hall–Kier alpha value is -0.570. The van der Waals surface area contributed by atoms with Gasteiger partial charge >= 0.3 is 5.97 Å². The van der Waals surface area contributed by atoms with Crippen molar-refractivity contribution in [2.24, 2.45) is 46.3 Å². The summed E-state index contributed by atoms with van der Waals surface area (Å²) in [5.74, 6) is 3.45. The summed E-state index contributed by atoms with van der Waals surface area (Å²) < 4.78 is 0. The van der Waals surface area contributed by atoms with Crippen molar-refractivity contribution in [2.75, 3.05) is 0 Å². The maximum atomic E-state index is 11.3. The Bertz CT molecular complexity index is 560. The predicted molar refractivity (Wildman–Crippen MR) is 103 cm³/mol. The van der Waals surface area contributed by atoms with Crippen LogP contribution >= 0.6 is 0 Å². The summed E-state index contributed by atoms with van der Waals surface area (Å²) in [6.07, 6.45) is 11.3. The van der Waals surface area contributed by atoms with Gasteiger partial charge in [-0.15, -0.1) is 0 Å². The van der Waals surface area contributed by atoms with E-state index in [1.807, 2.05) is 0 Å². The number of carboxylic acid groups (broad SMARTS) is 1. The van der Waals surface area contributed by atoms with Gasteiger partial charge in [-0.05, 0) is 104 Å². The molecule has 0 aliphatic heterocycles. The molecular weight excluding hydrogens is 324 g/mol. The second-order valence-corrected chi connectivity index (χ2v) is 10.9. The van der Waals surface area contributed by atoms with E-state index in [0.29, 0.717) is 29.1 Å². The van der Waals surface area contributed by atoms with Crippen LogP contribution in [0, 0.1) is 46.3 Å². The lowest BCUT2D eigenvalue weighted by molar-refractivity contribution is -0.141. The first kappa shape index (κ1) is 18.8. The maximum absolute atomic E-state index is 11.3. The van der Waals surface area contributed by atoms with Gasteiger partial charge in [-0.25, -0.2) is 0 Å². The highest BCUT2D eigenvalue weighted by Crippen LogP contribution is 2.68. The van der Waals surface area contributed by atoms with Crippen molar-refractivity contribution in [1.29, 1.82) is 0 Å². The van der Waals surface area contributed by atoms with Crippen LogP contribution in [0.2, 0.25) is 0 Å². The van der Waals surface area contributed by atoms with Gasteiger partial charge in [0.1, 0.15) is 0 Å². The van der Waals surface area contributed by atoms with Crippen LogP contribution in [-0.4, -0.2) is 22.3 Å². The summed E-state index contributed by atoms with van der Waals surface area (Å²) in [5.41, 5.74) is 0.793. The fraction of sp³-hybridized carbons (Fsp3) is 0.957. The minimum atomic E-state index is -0.632. The zero-order chi connectivity index (χ0) is 18.7. The van der Waals surface area contributed by atoms with Gasteiger partial charge in [0, 0.05) is 6.42 Å². The minimum Gasteiger partial charge on any atom is -0.481 e. The van der Waals surface area contributed by atoms with E-state index in [1.54, 1.807) is 0 Å². The van der Waals surface area contributed by atoms with E-state index in [9.17, 15) is 15.0 Å². The third-order valence-electron chi connectivity index (χ3n) is 9.89. The molecule has 9 atom stereocenters. The monoisotopic (exact) mass is 362 g/mol. The Labute approximate surface area is 158 Å². The van der Waals surface area contributed by atoms with Crippen LogP contribution in [0.25, 0.3) is 0 Å². The molecule has 148 valence electrons. The van der Waals surface area contributed by atoms with E-state index >= 15 is 0 Å². The third-order valence-corrected chi connectivity index (χ3v) is 9.89. The van der Waals surface area contributed by atoms with Gasteiger partial charge in [0.2, 0.25) is 0 Å². The standard InChI is InChI=1S/C23H38O3/c1-14(12-21(25)26)18-6-7-19-17-5-4-15-13-16(24)8-10-22(15,2)20(17)9-11-23(18,19)3/h14-20,24H,4-13H2,1-3H3,(H,25,26)/t14-,15?,16-,17?,18?,19?,20?,22?,23?/m1/s1. The predicted octanol–water partition coefficient (Wildman–Crippen LogP) is 5.12. The average Bonchev–Trinajstić information content (AvgIpc) is 2.92. The number of aliphatic hydroxyl groups is 1. The lowest BCUT2D eigenvalue weighted by Gasteiger charge is -2.61. The van der Waals surface area contributed by atoms with Crippen LogP contribution in [0.5, 0.6) is 0 Å². The molecule has 0 amide bonds. The summed E-state index contributed by atoms with van der Waals surface area (Å²) >= 11 is 0. The van der Waals surface area contributed by atoms with E-state index in [1.165, 1.54) is 44.9 Å². The fourth-order valence-corrected chi connectivity index (χ4v) is 8.63. The maximum Gasteiger partial charge on any atom is 0.303 e. The number of rotatable bonds is 3. The molecule has 0 aromatic heterocycles. The lowest BCUT2D eigenvalue weighted by atomic mass is 9.44. The van der Waals surface area contributed by atoms with Crippen LogP contribution in [0.1, 0.15) is 85.0 Å². The van der Waals surface area contributed by atoms with Gasteiger partial charge < -0.3 is 10.2 Å². The molecule has 4 saturated carbocycles. The van der Waals surface area contributed by atoms with E-state index in [4.69, 9.17) is 0 Å². The zero-order valence-corrected chi connectivity index (χ0v) is 16.9. The molecule has 0 radical (unpaired) electrons. The molecule has 3 heteroatoms. The Balaban J connectivity index is 1.55. The van der Waals surface area contributed by atoms with Gasteiger partial charge in [-0.1, -0.05) is 20.8 Å². The molecule has 3 nitrogen and oxygen atoms in total. The van der Waals surface area contributed by atoms with Crippen molar-refractivity contribution in [3.63, 3.8) is 0 Å². The van der Waals surface area contributed by atoms with Crippen LogP contribution in [0.15, 0.2) is 0 Å². The van der Waals surface area contributed by atoms with Crippen molar-refractivity contribution < 1.29 is 15.0 Å². The summed E-state index contributed by atoms with van der Waals surface area (Å²) in [4.78, 5) is 11.3. The van der Waals surface area contributed by atoms with Crippen LogP contribution in [0.4, 0.5) is 0 Å². The van der Waals surface area contributed by atoms with Crippen molar-refractivity contribution in [3.8, 4) is 0 Å². The molecular formula is C23H38O3. The van der Waals surface area contributed by atoms with Crippen LogP contribution in [-0.2, 0) is 4.79 Å². The normalized spacial score (nSPS) is 51.8. The smallest absolute Gasteiger partial charge is 0.303 e. The first-order chi connectivity index (χ1) is 12.3. The first-order valence-electron chi connectivity index (χ1n) is 11.2. The van der Waals surface area contributed by atoms with Gasteiger partial charge in [0.25, 0.3) is 0 Å². The Kier molecular flexibility index (Phi) is 4.69. The zero-order valence-electron chi connectivity index (χ0n) is 16.9. The van der Waals surface area contributed by atoms with E-state index in [-0.39, 0.29) is 6.10 Å². The fourth-order valence-electron chi connectivity index (χ4n) is 8.63. The molecule has 0 bridgehead atoms. The molecule has 26 heavy (non-hydrogen) atoms. The number of fused-ring (bicyclic) bond motifs is 5. The van der Waals surface area contributed by atoms with Crippen molar-refractivity contribution in [2.45, 2.75) is 91.1 Å². The molecule has 4 aliphatic rings. The topological polar surface area (TPSA) is 57.5 Å². The van der Waals surface area contributed by atoms with Crippen LogP contribution in [0.3, 0.4) is 0 Å². The van der Waals surface area contributed by atoms with Crippen molar-refractivity contribution >= 4 is 5.97 Å². The molecule has 0 aromatic rings. The number of hydrogen-bond donors (Lipinski definition) is 2. The summed E-state index contributed by atoms with van der Waals surface area (Å²) in [6, 6.07) is 0. The minimum absolute atomic E-state index is 0.0637. The SMILES string of the molecule is C[C@H](CC(=O)O)C1CCC2C3CCC4C[C@H](O)CCC4(C)C3CCC21C. The van der Waals surface area contributed by atoms with Crippen molar-refractivity contribution in [3.05, 3.63) is 0 Å². The number of carboxylic acids is 1. The number of carbonyl (C=O) groups is 1. The molecule has 2 N–H and O–H groups in total. The average molecular weight is 363 g/mol. The molecule has 4 rings (SSSR count). The largest absolute Gasteiger partial charge is 0.481 e. The molecule has 4 fully saturated rings. The second kappa shape index (κ2) is 6.50. The highest BCUT2D eigenvalue weighted by molar-refractivity contribution is 5.67. The Morgan fingerprint density at radius 2 is 1.69 bits per heavy atom. The van der Waals surface area contributed by atoms with E-state index < -0.39 is 5.97 Å². The van der Waals surface area contributed by atoms with E-state index in [2.05, 4.69) is 20.8 Å². The highest BCUT2D eigenvalue weighted by atomic mass is 16.4.